The SMILES string of the molecule is C1CNCC2CCN2C1. The minimum atomic E-state index is 0.896. The average molecular weight is 126 g/mol. The first-order valence-corrected chi connectivity index (χ1v) is 3.91. The standard InChI is InChI=1S/C7H14N2/c1-3-8-6-7-2-5-9(7)4-1/h7-8H,1-6H2. The van der Waals surface area contributed by atoms with Crippen LogP contribution in [0.5, 0.6) is 0 Å². The van der Waals surface area contributed by atoms with Crippen LogP contribution in [0.3, 0.4) is 0 Å². The van der Waals surface area contributed by atoms with Crippen LogP contribution in [0.25, 0.3) is 0 Å². The number of fused-ring (bicyclic) bond motifs is 1. The van der Waals surface area contributed by atoms with Crippen LogP contribution in [0, 0.1) is 0 Å². The van der Waals surface area contributed by atoms with Gasteiger partial charge in [-0.1, -0.05) is 0 Å². The van der Waals surface area contributed by atoms with E-state index in [1.807, 2.05) is 0 Å². The summed E-state index contributed by atoms with van der Waals surface area (Å²) in [4.78, 5) is 2.58. The summed E-state index contributed by atoms with van der Waals surface area (Å²) in [5, 5.41) is 3.44. The highest BCUT2D eigenvalue weighted by Crippen LogP contribution is 2.17. The monoisotopic (exact) mass is 126 g/mol. The zero-order valence-corrected chi connectivity index (χ0v) is 5.77. The molecule has 1 atom stereocenters. The summed E-state index contributed by atoms with van der Waals surface area (Å²) in [5.74, 6) is 0. The topological polar surface area (TPSA) is 15.3 Å². The van der Waals surface area contributed by atoms with Gasteiger partial charge in [0.1, 0.15) is 0 Å². The molecule has 2 saturated heterocycles. The minimum Gasteiger partial charge on any atom is -0.315 e. The van der Waals surface area contributed by atoms with Crippen LogP contribution in [0.4, 0.5) is 0 Å². The van der Waals surface area contributed by atoms with E-state index >= 15 is 0 Å². The molecule has 2 nitrogen and oxygen atoms in total. The molecule has 0 saturated carbocycles. The fraction of sp³-hybridized carbons (Fsp3) is 1.00. The second kappa shape index (κ2) is 2.27. The molecular weight excluding hydrogens is 112 g/mol. The molecule has 2 aliphatic rings. The Morgan fingerprint density at radius 2 is 2.33 bits per heavy atom. The Kier molecular flexibility index (Phi) is 1.44. The van der Waals surface area contributed by atoms with Gasteiger partial charge in [0.05, 0.1) is 0 Å². The van der Waals surface area contributed by atoms with Crippen molar-refractivity contribution in [2.45, 2.75) is 18.9 Å². The first-order chi connectivity index (χ1) is 4.47. The Hall–Kier alpha value is -0.0800. The number of nitrogens with zero attached hydrogens (tertiary/aromatic N) is 1. The molecule has 0 bridgehead atoms. The molecular formula is C7H14N2. The van der Waals surface area contributed by atoms with Crippen molar-refractivity contribution in [2.75, 3.05) is 26.2 Å². The van der Waals surface area contributed by atoms with Crippen molar-refractivity contribution < 1.29 is 0 Å². The first kappa shape index (κ1) is 5.69. The summed E-state index contributed by atoms with van der Waals surface area (Å²) in [5.41, 5.74) is 0. The molecule has 9 heavy (non-hydrogen) atoms. The highest BCUT2D eigenvalue weighted by atomic mass is 15.2. The molecule has 0 radical (unpaired) electrons. The van der Waals surface area contributed by atoms with Gasteiger partial charge in [-0.3, -0.25) is 4.90 Å². The van der Waals surface area contributed by atoms with Gasteiger partial charge >= 0.3 is 0 Å². The Bertz CT molecular complexity index is 91.1. The zero-order chi connectivity index (χ0) is 6.10. The molecule has 2 heteroatoms. The Morgan fingerprint density at radius 3 is 3.11 bits per heavy atom. The van der Waals surface area contributed by atoms with Crippen molar-refractivity contribution in [3.05, 3.63) is 0 Å². The molecule has 52 valence electrons. The third-order valence-corrected chi connectivity index (χ3v) is 2.44. The quantitative estimate of drug-likeness (QED) is 0.493. The third-order valence-electron chi connectivity index (χ3n) is 2.44. The highest BCUT2D eigenvalue weighted by Gasteiger charge is 2.27. The summed E-state index contributed by atoms with van der Waals surface area (Å²) in [7, 11) is 0. The van der Waals surface area contributed by atoms with Crippen LogP contribution in [0.15, 0.2) is 0 Å². The van der Waals surface area contributed by atoms with E-state index in [2.05, 4.69) is 10.2 Å². The van der Waals surface area contributed by atoms with E-state index in [1.165, 1.54) is 39.0 Å². The first-order valence-electron chi connectivity index (χ1n) is 3.91. The second-order valence-electron chi connectivity index (χ2n) is 3.04. The summed E-state index contributed by atoms with van der Waals surface area (Å²) in [6, 6.07) is 0.896. The molecule has 2 rings (SSSR count). The fourth-order valence-electron chi connectivity index (χ4n) is 1.70. The van der Waals surface area contributed by atoms with Crippen LogP contribution >= 0.6 is 0 Å². The lowest BCUT2D eigenvalue weighted by Gasteiger charge is -2.39. The summed E-state index contributed by atoms with van der Waals surface area (Å²) >= 11 is 0. The van der Waals surface area contributed by atoms with Crippen molar-refractivity contribution >= 4 is 0 Å². The van der Waals surface area contributed by atoms with Gasteiger partial charge in [0.15, 0.2) is 0 Å². The molecule has 2 aliphatic heterocycles. The molecule has 0 aromatic carbocycles. The number of hydrogen-bond acceptors (Lipinski definition) is 2. The molecule has 1 N–H and O–H groups in total. The van der Waals surface area contributed by atoms with Gasteiger partial charge in [0, 0.05) is 19.1 Å². The van der Waals surface area contributed by atoms with Gasteiger partial charge in [-0.25, -0.2) is 0 Å². The maximum Gasteiger partial charge on any atom is 0.0232 e. The maximum absolute atomic E-state index is 3.44. The highest BCUT2D eigenvalue weighted by molar-refractivity contribution is 4.86. The molecule has 1 unspecified atom stereocenters. The molecule has 0 aromatic rings. The van der Waals surface area contributed by atoms with Crippen LogP contribution < -0.4 is 5.32 Å². The van der Waals surface area contributed by atoms with Gasteiger partial charge in [-0.05, 0) is 25.9 Å². The van der Waals surface area contributed by atoms with E-state index in [-0.39, 0.29) is 0 Å². The third kappa shape index (κ3) is 0.970. The van der Waals surface area contributed by atoms with Crippen LogP contribution in [0.1, 0.15) is 12.8 Å². The second-order valence-corrected chi connectivity index (χ2v) is 3.04. The van der Waals surface area contributed by atoms with Gasteiger partial charge < -0.3 is 5.32 Å². The lowest BCUT2D eigenvalue weighted by Crippen LogP contribution is -2.50. The Labute approximate surface area is 56.2 Å². The van der Waals surface area contributed by atoms with Crippen molar-refractivity contribution in [1.82, 2.24) is 10.2 Å². The van der Waals surface area contributed by atoms with E-state index in [0.29, 0.717) is 0 Å². The van der Waals surface area contributed by atoms with Crippen molar-refractivity contribution in [3.8, 4) is 0 Å². The largest absolute Gasteiger partial charge is 0.315 e. The van der Waals surface area contributed by atoms with Gasteiger partial charge in [-0.15, -0.1) is 0 Å². The number of hydrogen-bond donors (Lipinski definition) is 1. The van der Waals surface area contributed by atoms with E-state index in [4.69, 9.17) is 0 Å². The molecule has 0 aromatic heterocycles. The predicted molar refractivity (Wildman–Crippen MR) is 37.5 cm³/mol. The van der Waals surface area contributed by atoms with Crippen LogP contribution in [0.2, 0.25) is 0 Å². The fourth-order valence-corrected chi connectivity index (χ4v) is 1.70. The average Bonchev–Trinajstić information content (AvgIpc) is 1.94. The van der Waals surface area contributed by atoms with Gasteiger partial charge in [0.2, 0.25) is 0 Å². The smallest absolute Gasteiger partial charge is 0.0232 e. The van der Waals surface area contributed by atoms with Crippen LogP contribution in [-0.4, -0.2) is 37.1 Å². The molecule has 0 spiro atoms. The lowest BCUT2D eigenvalue weighted by atomic mass is 10.0. The van der Waals surface area contributed by atoms with E-state index in [1.54, 1.807) is 0 Å². The molecule has 2 heterocycles. The lowest BCUT2D eigenvalue weighted by molar-refractivity contribution is 0.103. The van der Waals surface area contributed by atoms with Crippen LogP contribution in [-0.2, 0) is 0 Å². The molecule has 0 aliphatic carbocycles. The normalized spacial score (nSPS) is 36.7. The molecule has 2 fully saturated rings. The maximum atomic E-state index is 3.44. The van der Waals surface area contributed by atoms with Crippen molar-refractivity contribution in [1.29, 1.82) is 0 Å². The minimum absolute atomic E-state index is 0.896. The number of rotatable bonds is 0. The van der Waals surface area contributed by atoms with E-state index in [9.17, 15) is 0 Å². The van der Waals surface area contributed by atoms with E-state index in [0.717, 1.165) is 6.04 Å². The van der Waals surface area contributed by atoms with Gasteiger partial charge in [0.25, 0.3) is 0 Å². The summed E-state index contributed by atoms with van der Waals surface area (Å²) < 4.78 is 0. The zero-order valence-electron chi connectivity index (χ0n) is 5.77. The van der Waals surface area contributed by atoms with Crippen molar-refractivity contribution in [2.24, 2.45) is 0 Å². The Morgan fingerprint density at radius 1 is 1.33 bits per heavy atom. The molecule has 0 amide bonds. The number of nitrogens with one attached hydrogen (secondary N) is 1. The Balaban J connectivity index is 1.90. The summed E-state index contributed by atoms with van der Waals surface area (Å²) in [6.07, 6.45) is 2.77. The van der Waals surface area contributed by atoms with Crippen molar-refractivity contribution in [3.63, 3.8) is 0 Å². The van der Waals surface area contributed by atoms with E-state index < -0.39 is 0 Å². The van der Waals surface area contributed by atoms with Gasteiger partial charge in [-0.2, -0.15) is 0 Å². The predicted octanol–water partition coefficient (Wildman–Crippen LogP) is 0.0540. The summed E-state index contributed by atoms with van der Waals surface area (Å²) in [6.45, 7) is 5.15.